The van der Waals surface area contributed by atoms with Crippen molar-refractivity contribution in [3.63, 3.8) is 0 Å². The van der Waals surface area contributed by atoms with Gasteiger partial charge in [-0.15, -0.1) is 0 Å². The highest BCUT2D eigenvalue weighted by Crippen LogP contribution is 2.61. The van der Waals surface area contributed by atoms with Gasteiger partial charge in [-0.2, -0.15) is 0 Å². The fraction of sp³-hybridized carbons (Fsp3) is 0.833. The maximum atomic E-state index is 12.7. The second kappa shape index (κ2) is 32.8. The average molecular weight is 1250 g/mol. The fourth-order valence-corrected chi connectivity index (χ4v) is 13.6. The molecular formula is C66H104O22. The summed E-state index contributed by atoms with van der Waals surface area (Å²) in [5.74, 6) is -7.81. The first-order valence-electron chi connectivity index (χ1n) is 32.3. The van der Waals surface area contributed by atoms with Gasteiger partial charge < -0.3 is 53.6 Å². The zero-order valence-corrected chi connectivity index (χ0v) is 54.5. The molecular weight excluding hydrogens is 1140 g/mol. The minimum atomic E-state index is -0.953. The van der Waals surface area contributed by atoms with Gasteiger partial charge in [-0.05, 0) is 182 Å². The van der Waals surface area contributed by atoms with E-state index in [-0.39, 0.29) is 93.6 Å². The molecule has 0 radical (unpaired) electrons. The number of hydrogen-bond acceptors (Lipinski definition) is 18. The van der Waals surface area contributed by atoms with E-state index in [4.69, 9.17) is 43.4 Å². The first kappa shape index (κ1) is 74.6. The highest BCUT2D eigenvalue weighted by atomic mass is 16.6. The predicted octanol–water partition coefficient (Wildman–Crippen LogP) is 10.3. The highest BCUT2D eigenvalue weighted by Gasteiger charge is 2.61. The third-order valence-electron chi connectivity index (χ3n) is 20.7. The van der Waals surface area contributed by atoms with Crippen LogP contribution in [0.15, 0.2) is 0 Å². The molecule has 8 unspecified atom stereocenters. The summed E-state index contributed by atoms with van der Waals surface area (Å²) in [5.41, 5.74) is -2.95. The summed E-state index contributed by atoms with van der Waals surface area (Å²) in [6.07, 6.45) is 15.2. The van der Waals surface area contributed by atoms with Crippen molar-refractivity contribution in [2.24, 2.45) is 92.7 Å². The summed E-state index contributed by atoms with van der Waals surface area (Å²) in [5, 5.41) is 36.9. The Balaban J connectivity index is 0.000000251. The van der Waals surface area contributed by atoms with Crippen LogP contribution >= 0.6 is 0 Å². The standard InChI is InChI=1S/C18H28O4.C17H26O6.C16H26O6.C15H24O6/c1-4-17(2,3)16(21)22-18(10-15(19)20)13-6-11-5-12(8-13)9-14(18)7-11;1-4-17(2,3)16(21)23-8-7-22-15(20)13-11-6-5-10(9-11)12(13)14(18)19;1-4-16(2,3)15(20)22-10-9-21-14(19)12-8-6-5-7-11(12)13(17)18;1-4-15(2,3)14(19)21-9-8-20-13(18)11-7-5-6-10(11)12(16)17/h11-14H,4-10H2,1-3H3,(H,19,20);10-13H,4-9H2,1-3H3,(H,18,19);11-12H,4-10H2,1-3H3,(H,17,18);10-11H,4-9H2,1-3H3,(H,16,17). The number of carbonyl (C=O) groups is 11. The zero-order chi connectivity index (χ0) is 66.1. The number of fused-ring (bicyclic) bond motifs is 2. The lowest BCUT2D eigenvalue weighted by atomic mass is 9.49. The summed E-state index contributed by atoms with van der Waals surface area (Å²) < 4.78 is 36.6. The Morgan fingerprint density at radius 1 is 0.375 bits per heavy atom. The summed E-state index contributed by atoms with van der Waals surface area (Å²) in [6, 6.07) is 0. The SMILES string of the molecule is CCC(C)(C)C(=O)OC1(CC(=O)O)C2CC3CC(C2)CC1C3.CCC(C)(C)C(=O)OCCOC(=O)C1C2CCC(C2)C1C(=O)O.CCC(C)(C)C(=O)OCCOC(=O)C1CCCC1C(=O)O.CCC(C)(C)C(=O)OCCOC(=O)C1CCCCC1C(=O)O. The van der Waals surface area contributed by atoms with Crippen molar-refractivity contribution in [1.82, 2.24) is 0 Å². The second-order valence-corrected chi connectivity index (χ2v) is 28.1. The zero-order valence-electron chi connectivity index (χ0n) is 54.5. The molecule has 22 nitrogen and oxygen atoms in total. The molecule has 0 spiro atoms. The summed E-state index contributed by atoms with van der Waals surface area (Å²) in [7, 11) is 0. The lowest BCUT2D eigenvalue weighted by Gasteiger charge is -2.60. The monoisotopic (exact) mass is 1250 g/mol. The normalized spacial score (nSPS) is 28.3. The van der Waals surface area contributed by atoms with Gasteiger partial charge in [0.25, 0.3) is 0 Å². The van der Waals surface area contributed by atoms with Gasteiger partial charge in [0.15, 0.2) is 0 Å². The van der Waals surface area contributed by atoms with Crippen LogP contribution in [-0.2, 0) is 85.9 Å². The molecule has 8 saturated carbocycles. The second-order valence-electron chi connectivity index (χ2n) is 28.1. The van der Waals surface area contributed by atoms with Crippen LogP contribution in [0.1, 0.15) is 212 Å². The molecule has 88 heavy (non-hydrogen) atoms. The van der Waals surface area contributed by atoms with Gasteiger partial charge in [0.1, 0.15) is 45.2 Å². The topological polar surface area (TPSA) is 333 Å². The van der Waals surface area contributed by atoms with Gasteiger partial charge in [0.05, 0.1) is 63.6 Å². The van der Waals surface area contributed by atoms with Gasteiger partial charge in [0, 0.05) is 11.8 Å². The molecule has 0 saturated heterocycles. The Bertz CT molecular complexity index is 2410. The van der Waals surface area contributed by atoms with Crippen molar-refractivity contribution in [2.75, 3.05) is 39.6 Å². The number of ether oxygens (including phenoxy) is 7. The smallest absolute Gasteiger partial charge is 0.312 e. The molecule has 22 heteroatoms. The molecule has 6 bridgehead atoms. The summed E-state index contributed by atoms with van der Waals surface area (Å²) in [4.78, 5) is 129. The van der Waals surface area contributed by atoms with Gasteiger partial charge in [-0.1, -0.05) is 47.0 Å². The molecule has 8 aliphatic carbocycles. The van der Waals surface area contributed by atoms with Crippen molar-refractivity contribution in [3.05, 3.63) is 0 Å². The molecule has 0 aliphatic heterocycles. The van der Waals surface area contributed by atoms with Crippen LogP contribution < -0.4 is 0 Å². The van der Waals surface area contributed by atoms with E-state index in [1.54, 1.807) is 41.5 Å². The van der Waals surface area contributed by atoms with Gasteiger partial charge in [0.2, 0.25) is 0 Å². The molecule has 0 amide bonds. The Hall–Kier alpha value is -5.83. The van der Waals surface area contributed by atoms with E-state index >= 15 is 0 Å². The maximum Gasteiger partial charge on any atom is 0.312 e. The number of carboxylic acids is 4. The van der Waals surface area contributed by atoms with Crippen LogP contribution in [0.3, 0.4) is 0 Å². The van der Waals surface area contributed by atoms with Gasteiger partial charge >= 0.3 is 65.7 Å². The highest BCUT2D eigenvalue weighted by molar-refractivity contribution is 5.84. The van der Waals surface area contributed by atoms with E-state index in [9.17, 15) is 63.0 Å². The predicted molar refractivity (Wildman–Crippen MR) is 317 cm³/mol. The number of esters is 7. The summed E-state index contributed by atoms with van der Waals surface area (Å²) >= 11 is 0. The molecule has 0 aromatic rings. The van der Waals surface area contributed by atoms with Crippen LogP contribution in [0, 0.1) is 92.7 Å². The van der Waals surface area contributed by atoms with Crippen LogP contribution in [-0.4, -0.2) is 131 Å². The van der Waals surface area contributed by atoms with Crippen LogP contribution in [0.25, 0.3) is 0 Å². The Morgan fingerprint density at radius 3 is 1.07 bits per heavy atom. The van der Waals surface area contributed by atoms with E-state index < -0.39 is 105 Å². The molecule has 8 fully saturated rings. The summed E-state index contributed by atoms with van der Waals surface area (Å²) in [6.45, 7) is 22.1. The van der Waals surface area contributed by atoms with E-state index in [1.807, 2.05) is 41.5 Å². The number of hydrogen-bond donors (Lipinski definition) is 4. The molecule has 8 aliphatic rings. The molecule has 500 valence electrons. The molecule has 8 atom stereocenters. The Kier molecular flexibility index (Phi) is 27.8. The van der Waals surface area contributed by atoms with E-state index in [0.29, 0.717) is 51.4 Å². The van der Waals surface area contributed by atoms with Crippen molar-refractivity contribution in [1.29, 1.82) is 0 Å². The Labute approximate surface area is 519 Å². The van der Waals surface area contributed by atoms with Crippen LogP contribution in [0.5, 0.6) is 0 Å². The molecule has 4 N–H and O–H groups in total. The van der Waals surface area contributed by atoms with E-state index in [2.05, 4.69) is 0 Å². The molecule has 0 heterocycles. The first-order valence-corrected chi connectivity index (χ1v) is 32.3. The lowest BCUT2D eigenvalue weighted by Crippen LogP contribution is -2.61. The lowest BCUT2D eigenvalue weighted by molar-refractivity contribution is -0.221. The van der Waals surface area contributed by atoms with Gasteiger partial charge in [-0.25, -0.2) is 0 Å². The molecule has 0 aromatic carbocycles. The minimum Gasteiger partial charge on any atom is -0.481 e. The van der Waals surface area contributed by atoms with E-state index in [0.717, 1.165) is 76.0 Å². The van der Waals surface area contributed by atoms with E-state index in [1.165, 1.54) is 6.42 Å². The Morgan fingerprint density at radius 2 is 0.705 bits per heavy atom. The van der Waals surface area contributed by atoms with Crippen molar-refractivity contribution < 1.29 is 106 Å². The number of rotatable bonds is 26. The maximum absolute atomic E-state index is 12.7. The molecule has 0 aromatic heterocycles. The number of carboxylic acid groups (broad SMARTS) is 4. The largest absolute Gasteiger partial charge is 0.481 e. The van der Waals surface area contributed by atoms with Gasteiger partial charge in [-0.3, -0.25) is 52.7 Å². The third kappa shape index (κ3) is 19.8. The third-order valence-corrected chi connectivity index (χ3v) is 20.7. The van der Waals surface area contributed by atoms with Crippen LogP contribution in [0.2, 0.25) is 0 Å². The first-order chi connectivity index (χ1) is 41.1. The number of carbonyl (C=O) groups excluding carboxylic acids is 7. The van der Waals surface area contributed by atoms with Crippen molar-refractivity contribution in [3.8, 4) is 0 Å². The minimum absolute atomic E-state index is 0.00153. The van der Waals surface area contributed by atoms with Crippen LogP contribution in [0.4, 0.5) is 0 Å². The number of aliphatic carboxylic acids is 4. The van der Waals surface area contributed by atoms with Crippen molar-refractivity contribution >= 4 is 65.7 Å². The van der Waals surface area contributed by atoms with Crippen molar-refractivity contribution in [2.45, 2.75) is 217 Å². The average Bonchev–Trinajstić information content (AvgIpc) is 1.41. The quantitative estimate of drug-likeness (QED) is 0.0355. The fourth-order valence-electron chi connectivity index (χ4n) is 13.6. The molecule has 8 rings (SSSR count).